The Morgan fingerprint density at radius 2 is 1.81 bits per heavy atom. The van der Waals surface area contributed by atoms with Crippen LogP contribution >= 0.6 is 11.6 Å². The van der Waals surface area contributed by atoms with E-state index in [9.17, 15) is 9.59 Å². The molecular weight excluding hydrogens is 294 g/mol. The van der Waals surface area contributed by atoms with Crippen molar-refractivity contribution in [2.24, 2.45) is 0 Å². The van der Waals surface area contributed by atoms with Gasteiger partial charge in [0.25, 0.3) is 0 Å². The minimum absolute atomic E-state index is 0.178. The molecular formula is C15H16ClNO4. The van der Waals surface area contributed by atoms with Crippen molar-refractivity contribution in [2.75, 3.05) is 27.3 Å². The van der Waals surface area contributed by atoms with Gasteiger partial charge in [-0.25, -0.2) is 9.59 Å². The molecule has 1 aromatic carbocycles. The first-order chi connectivity index (χ1) is 10.1. The van der Waals surface area contributed by atoms with Crippen molar-refractivity contribution in [3.63, 3.8) is 0 Å². The average Bonchev–Trinajstić information content (AvgIpc) is 2.53. The molecule has 0 unspecified atom stereocenters. The number of methoxy groups -OCH3 is 2. The molecule has 0 bridgehead atoms. The smallest absolute Gasteiger partial charge is 0.409 e. The van der Waals surface area contributed by atoms with Gasteiger partial charge in [-0.05, 0) is 29.7 Å². The van der Waals surface area contributed by atoms with E-state index in [1.165, 1.54) is 19.1 Å². The van der Waals surface area contributed by atoms with Crippen LogP contribution in [0.1, 0.15) is 12.0 Å². The maximum Gasteiger partial charge on any atom is 0.409 e. The third-order valence-corrected chi connectivity index (χ3v) is 3.65. The van der Waals surface area contributed by atoms with E-state index < -0.39 is 12.1 Å². The molecule has 0 radical (unpaired) electrons. The van der Waals surface area contributed by atoms with Crippen molar-refractivity contribution < 1.29 is 19.1 Å². The van der Waals surface area contributed by atoms with Crippen molar-refractivity contribution in [2.45, 2.75) is 6.42 Å². The Hall–Kier alpha value is -2.01. The zero-order valence-electron chi connectivity index (χ0n) is 11.9. The number of amides is 1. The fraction of sp³-hybridized carbons (Fsp3) is 0.333. The van der Waals surface area contributed by atoms with E-state index in [4.69, 9.17) is 21.1 Å². The molecule has 1 amide bonds. The maximum atomic E-state index is 12.0. The van der Waals surface area contributed by atoms with Crippen LogP contribution in [0.3, 0.4) is 0 Å². The average molecular weight is 310 g/mol. The highest BCUT2D eigenvalue weighted by atomic mass is 35.5. The number of carbonyl (C=O) groups excluding carboxylic acids is 2. The monoisotopic (exact) mass is 309 g/mol. The normalized spacial score (nSPS) is 14.9. The molecule has 0 atom stereocenters. The summed E-state index contributed by atoms with van der Waals surface area (Å²) in [7, 11) is 2.64. The van der Waals surface area contributed by atoms with Crippen LogP contribution in [0, 0.1) is 0 Å². The van der Waals surface area contributed by atoms with Crippen molar-refractivity contribution in [1.29, 1.82) is 0 Å². The summed E-state index contributed by atoms with van der Waals surface area (Å²) in [5.41, 5.74) is 2.25. The molecule has 5 nitrogen and oxygen atoms in total. The van der Waals surface area contributed by atoms with Crippen LogP contribution < -0.4 is 0 Å². The Balaban J connectivity index is 2.38. The van der Waals surface area contributed by atoms with Gasteiger partial charge in [-0.3, -0.25) is 0 Å². The Morgan fingerprint density at radius 1 is 1.14 bits per heavy atom. The Kier molecular flexibility index (Phi) is 4.85. The Labute approximate surface area is 128 Å². The van der Waals surface area contributed by atoms with E-state index in [0.29, 0.717) is 23.6 Å². The van der Waals surface area contributed by atoms with Gasteiger partial charge in [0.15, 0.2) is 0 Å². The molecule has 0 saturated heterocycles. The topological polar surface area (TPSA) is 55.8 Å². The van der Waals surface area contributed by atoms with Crippen LogP contribution in [0.5, 0.6) is 0 Å². The maximum absolute atomic E-state index is 12.0. The van der Waals surface area contributed by atoms with Gasteiger partial charge in [0.2, 0.25) is 0 Å². The highest BCUT2D eigenvalue weighted by molar-refractivity contribution is 6.30. The lowest BCUT2D eigenvalue weighted by Crippen LogP contribution is -2.38. The third-order valence-electron chi connectivity index (χ3n) is 3.40. The van der Waals surface area contributed by atoms with Crippen LogP contribution in [-0.4, -0.2) is 44.3 Å². The first kappa shape index (κ1) is 15.4. The number of nitrogens with zero attached hydrogens (tertiary/aromatic N) is 1. The second-order valence-corrected chi connectivity index (χ2v) is 5.03. The summed E-state index contributed by atoms with van der Waals surface area (Å²) in [5, 5.41) is 0.631. The van der Waals surface area contributed by atoms with E-state index in [1.54, 1.807) is 12.1 Å². The summed E-state index contributed by atoms with van der Waals surface area (Å²) in [6.07, 6.45) is 0.104. The van der Waals surface area contributed by atoms with E-state index in [-0.39, 0.29) is 6.54 Å². The van der Waals surface area contributed by atoms with Gasteiger partial charge in [0, 0.05) is 11.6 Å². The number of rotatable bonds is 2. The molecule has 2 rings (SSSR count). The Bertz CT molecular complexity index is 580. The third kappa shape index (κ3) is 3.36. The fourth-order valence-electron chi connectivity index (χ4n) is 2.33. The number of hydrogen-bond acceptors (Lipinski definition) is 4. The van der Waals surface area contributed by atoms with Gasteiger partial charge in [0.05, 0.1) is 26.3 Å². The van der Waals surface area contributed by atoms with Crippen LogP contribution in [0.15, 0.2) is 29.8 Å². The van der Waals surface area contributed by atoms with E-state index >= 15 is 0 Å². The predicted octanol–water partition coefficient (Wildman–Crippen LogP) is 2.74. The summed E-state index contributed by atoms with van der Waals surface area (Å²) in [6.45, 7) is 0.669. The summed E-state index contributed by atoms with van der Waals surface area (Å²) in [4.78, 5) is 25.1. The molecule has 1 aliphatic rings. The highest BCUT2D eigenvalue weighted by Gasteiger charge is 2.28. The van der Waals surface area contributed by atoms with Crippen LogP contribution in [0.2, 0.25) is 5.02 Å². The molecule has 21 heavy (non-hydrogen) atoms. The standard InChI is InChI=1S/C15H16ClNO4/c1-20-14(18)13-9-17(15(19)21-2)8-7-12(13)10-3-5-11(16)6-4-10/h3-6H,7-9H2,1-2H3. The molecule has 6 heteroatoms. The molecule has 112 valence electrons. The molecule has 0 N–H and O–H groups in total. The number of carbonyl (C=O) groups is 2. The molecule has 0 fully saturated rings. The van der Waals surface area contributed by atoms with Crippen molar-refractivity contribution in [3.8, 4) is 0 Å². The van der Waals surface area contributed by atoms with Gasteiger partial charge in [0.1, 0.15) is 0 Å². The predicted molar refractivity (Wildman–Crippen MR) is 79.0 cm³/mol. The lowest BCUT2D eigenvalue weighted by atomic mass is 9.93. The number of ether oxygens (including phenoxy) is 2. The summed E-state index contributed by atoms with van der Waals surface area (Å²) in [5.74, 6) is -0.437. The molecule has 1 aliphatic heterocycles. The minimum Gasteiger partial charge on any atom is -0.466 e. The van der Waals surface area contributed by atoms with Crippen LogP contribution in [0.25, 0.3) is 5.57 Å². The SMILES string of the molecule is COC(=O)C1=C(c2ccc(Cl)cc2)CCN(C(=O)OC)C1. The first-order valence-electron chi connectivity index (χ1n) is 6.46. The van der Waals surface area contributed by atoms with Crippen molar-refractivity contribution in [1.82, 2.24) is 4.90 Å². The minimum atomic E-state index is -0.452. The fourth-order valence-corrected chi connectivity index (χ4v) is 2.45. The van der Waals surface area contributed by atoms with Gasteiger partial charge >= 0.3 is 12.1 Å². The largest absolute Gasteiger partial charge is 0.466 e. The number of hydrogen-bond donors (Lipinski definition) is 0. The molecule has 0 aromatic heterocycles. The quantitative estimate of drug-likeness (QED) is 0.788. The lowest BCUT2D eigenvalue weighted by Gasteiger charge is -2.29. The van der Waals surface area contributed by atoms with E-state index in [1.807, 2.05) is 12.1 Å². The molecule has 1 heterocycles. The molecule has 1 aromatic rings. The summed E-state index contributed by atoms with van der Waals surface area (Å²) in [6, 6.07) is 7.25. The Morgan fingerprint density at radius 3 is 2.38 bits per heavy atom. The zero-order chi connectivity index (χ0) is 15.4. The lowest BCUT2D eigenvalue weighted by molar-refractivity contribution is -0.136. The van der Waals surface area contributed by atoms with Crippen LogP contribution in [-0.2, 0) is 14.3 Å². The summed E-state index contributed by atoms with van der Waals surface area (Å²) < 4.78 is 9.53. The van der Waals surface area contributed by atoms with Crippen LogP contribution in [0.4, 0.5) is 4.79 Å². The number of esters is 1. The second-order valence-electron chi connectivity index (χ2n) is 4.60. The van der Waals surface area contributed by atoms with Gasteiger partial charge < -0.3 is 14.4 Å². The highest BCUT2D eigenvalue weighted by Crippen LogP contribution is 2.29. The molecule has 0 saturated carbocycles. The van der Waals surface area contributed by atoms with Gasteiger partial charge in [-0.1, -0.05) is 23.7 Å². The summed E-state index contributed by atoms with van der Waals surface area (Å²) >= 11 is 5.88. The first-order valence-corrected chi connectivity index (χ1v) is 6.83. The number of benzene rings is 1. The molecule has 0 spiro atoms. The van der Waals surface area contributed by atoms with Crippen molar-refractivity contribution >= 4 is 29.2 Å². The van der Waals surface area contributed by atoms with Gasteiger partial charge in [-0.15, -0.1) is 0 Å². The zero-order valence-corrected chi connectivity index (χ0v) is 12.6. The number of halogens is 1. The van der Waals surface area contributed by atoms with E-state index in [0.717, 1.165) is 11.1 Å². The second kappa shape index (κ2) is 6.63. The van der Waals surface area contributed by atoms with E-state index in [2.05, 4.69) is 0 Å². The molecule has 0 aliphatic carbocycles. The van der Waals surface area contributed by atoms with Crippen molar-refractivity contribution in [3.05, 3.63) is 40.4 Å². The van der Waals surface area contributed by atoms with Gasteiger partial charge in [-0.2, -0.15) is 0 Å².